The molecule has 8 heteroatoms. The number of hydrogen-bond donors (Lipinski definition) is 2. The topological polar surface area (TPSA) is 87.3 Å². The van der Waals surface area contributed by atoms with Crippen molar-refractivity contribution in [1.29, 1.82) is 0 Å². The third-order valence-corrected chi connectivity index (χ3v) is 4.66. The van der Waals surface area contributed by atoms with Gasteiger partial charge in [-0.3, -0.25) is 4.99 Å². The zero-order valence-corrected chi connectivity index (χ0v) is 17.7. The van der Waals surface area contributed by atoms with E-state index in [-0.39, 0.29) is 35.9 Å². The highest BCUT2D eigenvalue weighted by atomic mass is 127. The Balaban J connectivity index is 0.00000243. The molecular weight excluding hydrogens is 449 g/mol. The lowest BCUT2D eigenvalue weighted by Crippen LogP contribution is -2.34. The third-order valence-electron chi connectivity index (χ3n) is 4.66. The SMILES string of the molecule is COc1ccc(OC)c(NC(N)=NCC2COC3(CCCCC3)O2)c1.I. The van der Waals surface area contributed by atoms with Gasteiger partial charge < -0.3 is 30.0 Å². The van der Waals surface area contributed by atoms with Crippen LogP contribution >= 0.6 is 24.0 Å². The van der Waals surface area contributed by atoms with Crippen LogP contribution in [0.5, 0.6) is 11.5 Å². The second-order valence-electron chi connectivity index (χ2n) is 6.44. The number of hydrogen-bond acceptors (Lipinski definition) is 5. The molecule has 0 bridgehead atoms. The molecule has 1 saturated carbocycles. The second kappa shape index (κ2) is 9.61. The molecule has 1 aliphatic heterocycles. The summed E-state index contributed by atoms with van der Waals surface area (Å²) in [6.07, 6.45) is 5.48. The van der Waals surface area contributed by atoms with E-state index in [1.54, 1.807) is 14.2 Å². The standard InChI is InChI=1S/C18H27N3O4.HI/c1-22-13-6-7-16(23-2)15(10-13)21-17(19)20-11-14-12-24-18(25-14)8-4-3-5-9-18;/h6-7,10,14H,3-5,8-9,11-12H2,1-2H3,(H3,19,20,21);1H. The van der Waals surface area contributed by atoms with Crippen LogP contribution in [0.25, 0.3) is 0 Å². The van der Waals surface area contributed by atoms with Gasteiger partial charge in [-0.1, -0.05) is 6.42 Å². The highest BCUT2D eigenvalue weighted by Gasteiger charge is 2.42. The Bertz CT molecular complexity index is 620. The third kappa shape index (κ3) is 5.14. The van der Waals surface area contributed by atoms with Gasteiger partial charge in [-0.25, -0.2) is 0 Å². The van der Waals surface area contributed by atoms with Crippen LogP contribution in [0.3, 0.4) is 0 Å². The van der Waals surface area contributed by atoms with Gasteiger partial charge in [0.2, 0.25) is 0 Å². The summed E-state index contributed by atoms with van der Waals surface area (Å²) in [4.78, 5) is 4.39. The van der Waals surface area contributed by atoms with Gasteiger partial charge in [-0.15, -0.1) is 24.0 Å². The smallest absolute Gasteiger partial charge is 0.193 e. The molecule has 7 nitrogen and oxygen atoms in total. The first-order valence-corrected chi connectivity index (χ1v) is 8.75. The van der Waals surface area contributed by atoms with Crippen LogP contribution < -0.4 is 20.5 Å². The molecule has 26 heavy (non-hydrogen) atoms. The lowest BCUT2D eigenvalue weighted by molar-refractivity contribution is -0.186. The Hall–Kier alpha value is -1.26. The molecule has 1 saturated heterocycles. The molecule has 0 amide bonds. The number of nitrogens with two attached hydrogens (primary N) is 1. The van der Waals surface area contributed by atoms with Gasteiger partial charge in [0.25, 0.3) is 0 Å². The summed E-state index contributed by atoms with van der Waals surface area (Å²) in [5, 5.41) is 3.06. The number of anilines is 1. The molecule has 146 valence electrons. The van der Waals surface area contributed by atoms with Gasteiger partial charge in [-0.2, -0.15) is 0 Å². The fraction of sp³-hybridized carbons (Fsp3) is 0.611. The number of nitrogens with zero attached hydrogens (tertiary/aromatic N) is 1. The number of aliphatic imine (C=N–C) groups is 1. The maximum absolute atomic E-state index is 6.11. The van der Waals surface area contributed by atoms with Crippen molar-refractivity contribution in [2.45, 2.75) is 44.0 Å². The van der Waals surface area contributed by atoms with E-state index in [4.69, 9.17) is 24.7 Å². The van der Waals surface area contributed by atoms with Gasteiger partial charge >= 0.3 is 0 Å². The van der Waals surface area contributed by atoms with Crippen molar-refractivity contribution in [3.8, 4) is 11.5 Å². The van der Waals surface area contributed by atoms with Crippen LogP contribution in [0.2, 0.25) is 0 Å². The Morgan fingerprint density at radius 3 is 2.73 bits per heavy atom. The van der Waals surface area contributed by atoms with Crippen LogP contribution in [0.1, 0.15) is 32.1 Å². The summed E-state index contributed by atoms with van der Waals surface area (Å²) >= 11 is 0. The number of guanidine groups is 1. The van der Waals surface area contributed by atoms with E-state index >= 15 is 0 Å². The van der Waals surface area contributed by atoms with Crippen molar-refractivity contribution in [2.75, 3.05) is 32.7 Å². The first-order chi connectivity index (χ1) is 12.1. The molecule has 1 spiro atoms. The van der Waals surface area contributed by atoms with Gasteiger partial charge in [0, 0.05) is 18.9 Å². The molecule has 3 N–H and O–H groups in total. The van der Waals surface area contributed by atoms with Crippen LogP contribution in [0.4, 0.5) is 5.69 Å². The average Bonchev–Trinajstić information content (AvgIpc) is 3.03. The summed E-state index contributed by atoms with van der Waals surface area (Å²) in [6.45, 7) is 1.03. The van der Waals surface area contributed by atoms with Crippen molar-refractivity contribution in [2.24, 2.45) is 10.7 Å². The summed E-state index contributed by atoms with van der Waals surface area (Å²) < 4.78 is 22.6. The number of nitrogens with one attached hydrogen (secondary N) is 1. The Labute approximate surface area is 171 Å². The van der Waals surface area contributed by atoms with E-state index in [1.165, 1.54) is 6.42 Å². The van der Waals surface area contributed by atoms with Crippen molar-refractivity contribution in [1.82, 2.24) is 0 Å². The molecule has 1 aromatic rings. The number of rotatable bonds is 5. The van der Waals surface area contributed by atoms with Crippen LogP contribution in [-0.2, 0) is 9.47 Å². The number of halogens is 1. The van der Waals surface area contributed by atoms with Crippen molar-refractivity contribution >= 4 is 35.6 Å². The predicted octanol–water partition coefficient (Wildman–Crippen LogP) is 3.12. The Morgan fingerprint density at radius 1 is 1.27 bits per heavy atom. The first-order valence-electron chi connectivity index (χ1n) is 8.75. The van der Waals surface area contributed by atoms with Crippen molar-refractivity contribution in [3.63, 3.8) is 0 Å². The van der Waals surface area contributed by atoms with E-state index in [1.807, 2.05) is 18.2 Å². The lowest BCUT2D eigenvalue weighted by atomic mass is 9.94. The minimum absolute atomic E-state index is 0. The lowest BCUT2D eigenvalue weighted by Gasteiger charge is -2.31. The normalized spacial score (nSPS) is 21.9. The molecule has 0 radical (unpaired) electrons. The summed E-state index contributed by atoms with van der Waals surface area (Å²) in [5.41, 5.74) is 6.72. The zero-order chi connectivity index (χ0) is 17.7. The maximum atomic E-state index is 6.11. The Morgan fingerprint density at radius 2 is 2.04 bits per heavy atom. The number of ether oxygens (including phenoxy) is 4. The van der Waals surface area contributed by atoms with E-state index in [0.29, 0.717) is 36.3 Å². The van der Waals surface area contributed by atoms with Crippen LogP contribution in [0, 0.1) is 0 Å². The Kier molecular flexibility index (Phi) is 7.78. The molecule has 1 aliphatic carbocycles. The van der Waals surface area contributed by atoms with Crippen LogP contribution in [0.15, 0.2) is 23.2 Å². The second-order valence-corrected chi connectivity index (χ2v) is 6.44. The van der Waals surface area contributed by atoms with Crippen LogP contribution in [-0.4, -0.2) is 45.2 Å². The predicted molar refractivity (Wildman–Crippen MR) is 112 cm³/mol. The van der Waals surface area contributed by atoms with E-state index in [9.17, 15) is 0 Å². The highest BCUT2D eigenvalue weighted by Crippen LogP contribution is 2.37. The summed E-state index contributed by atoms with van der Waals surface area (Å²) in [5.74, 6) is 1.31. The number of methoxy groups -OCH3 is 2. The molecule has 1 aromatic carbocycles. The maximum Gasteiger partial charge on any atom is 0.193 e. The summed E-state index contributed by atoms with van der Waals surface area (Å²) in [6, 6.07) is 5.45. The van der Waals surface area contributed by atoms with Gasteiger partial charge in [0.15, 0.2) is 11.7 Å². The quantitative estimate of drug-likeness (QED) is 0.385. The molecule has 3 rings (SSSR count). The molecule has 1 unspecified atom stereocenters. The minimum atomic E-state index is -0.378. The molecule has 0 aromatic heterocycles. The largest absolute Gasteiger partial charge is 0.497 e. The number of benzene rings is 1. The zero-order valence-electron chi connectivity index (χ0n) is 15.3. The van der Waals surface area contributed by atoms with Gasteiger partial charge in [0.1, 0.15) is 17.6 Å². The van der Waals surface area contributed by atoms with E-state index < -0.39 is 0 Å². The monoisotopic (exact) mass is 477 g/mol. The molecule has 2 aliphatic rings. The van der Waals surface area contributed by atoms with Crippen molar-refractivity contribution in [3.05, 3.63) is 18.2 Å². The fourth-order valence-corrected chi connectivity index (χ4v) is 3.35. The van der Waals surface area contributed by atoms with Gasteiger partial charge in [0.05, 0.1) is 33.1 Å². The minimum Gasteiger partial charge on any atom is -0.497 e. The van der Waals surface area contributed by atoms with Crippen molar-refractivity contribution < 1.29 is 18.9 Å². The molecule has 1 heterocycles. The first kappa shape index (κ1) is 21.0. The average molecular weight is 477 g/mol. The molecule has 1 atom stereocenters. The highest BCUT2D eigenvalue weighted by molar-refractivity contribution is 14.0. The summed E-state index contributed by atoms with van der Waals surface area (Å²) in [7, 11) is 3.22. The van der Waals surface area contributed by atoms with Gasteiger partial charge in [-0.05, 0) is 25.0 Å². The van der Waals surface area contributed by atoms with E-state index in [2.05, 4.69) is 10.3 Å². The van der Waals surface area contributed by atoms with E-state index in [0.717, 1.165) is 25.7 Å². The molecule has 2 fully saturated rings. The molecular formula is C18H28IN3O4. The fourth-order valence-electron chi connectivity index (χ4n) is 3.35.